The summed E-state index contributed by atoms with van der Waals surface area (Å²) in [5.74, 6) is 1.34. The maximum Gasteiger partial charge on any atom is 0.407 e. The Morgan fingerprint density at radius 2 is 2.27 bits per heavy atom. The van der Waals surface area contributed by atoms with Crippen molar-refractivity contribution in [2.75, 3.05) is 20.2 Å². The lowest BCUT2D eigenvalue weighted by Crippen LogP contribution is -2.40. The summed E-state index contributed by atoms with van der Waals surface area (Å²) in [5, 5.41) is 2.41. The summed E-state index contributed by atoms with van der Waals surface area (Å²) >= 11 is 0. The predicted octanol–water partition coefficient (Wildman–Crippen LogP) is 0.209. The molecule has 0 aromatic heterocycles. The van der Waals surface area contributed by atoms with Crippen LogP contribution in [0.4, 0.5) is 4.79 Å². The molecule has 0 spiro atoms. The maximum absolute atomic E-state index is 11.7. The van der Waals surface area contributed by atoms with E-state index in [4.69, 9.17) is 0 Å². The van der Waals surface area contributed by atoms with Crippen LogP contribution in [0, 0.1) is 11.8 Å². The summed E-state index contributed by atoms with van der Waals surface area (Å²) in [6.45, 7) is 3.05. The zero-order valence-electron chi connectivity index (χ0n) is 9.03. The van der Waals surface area contributed by atoms with Crippen molar-refractivity contribution < 1.29 is 14.3 Å². The Balaban J connectivity index is 1.79. The van der Waals surface area contributed by atoms with Gasteiger partial charge >= 0.3 is 6.09 Å². The zero-order chi connectivity index (χ0) is 11.0. The van der Waals surface area contributed by atoms with Crippen LogP contribution in [0.3, 0.4) is 0 Å². The number of carbonyl (C=O) groups excluding carboxylic acids is 2. The summed E-state index contributed by atoms with van der Waals surface area (Å²) in [7, 11) is 1.29. The van der Waals surface area contributed by atoms with Crippen LogP contribution in [0.2, 0.25) is 0 Å². The van der Waals surface area contributed by atoms with Crippen molar-refractivity contribution in [2.45, 2.75) is 19.4 Å². The van der Waals surface area contributed by atoms with Crippen molar-refractivity contribution in [2.24, 2.45) is 11.8 Å². The molecule has 5 heteroatoms. The SMILES string of the molecule is COC(=O)NCC(=O)N1CCC2C(C)C21. The molecule has 15 heavy (non-hydrogen) atoms. The molecular formula is C10H16N2O3. The molecular weight excluding hydrogens is 196 g/mol. The van der Waals surface area contributed by atoms with Crippen LogP contribution in [0.15, 0.2) is 0 Å². The largest absolute Gasteiger partial charge is 0.453 e. The van der Waals surface area contributed by atoms with Gasteiger partial charge in [0.2, 0.25) is 5.91 Å². The molecule has 1 heterocycles. The number of alkyl carbamates (subject to hydrolysis) is 1. The normalized spacial score (nSPS) is 32.1. The summed E-state index contributed by atoms with van der Waals surface area (Å²) < 4.78 is 4.40. The molecule has 1 aliphatic carbocycles. The third kappa shape index (κ3) is 1.78. The second kappa shape index (κ2) is 3.72. The van der Waals surface area contributed by atoms with Crippen molar-refractivity contribution in [1.29, 1.82) is 0 Å². The first-order valence-corrected chi connectivity index (χ1v) is 5.26. The third-order valence-corrected chi connectivity index (χ3v) is 3.46. The van der Waals surface area contributed by atoms with Crippen LogP contribution < -0.4 is 5.32 Å². The summed E-state index contributed by atoms with van der Waals surface area (Å²) in [5.41, 5.74) is 0. The number of nitrogens with zero attached hydrogens (tertiary/aromatic N) is 1. The number of nitrogens with one attached hydrogen (secondary N) is 1. The average Bonchev–Trinajstić information content (AvgIpc) is 2.69. The minimum absolute atomic E-state index is 0.00255. The monoisotopic (exact) mass is 212 g/mol. The molecule has 5 nitrogen and oxygen atoms in total. The zero-order valence-corrected chi connectivity index (χ0v) is 9.03. The lowest BCUT2D eigenvalue weighted by atomic mass is 10.2. The van der Waals surface area contributed by atoms with Crippen LogP contribution in [0.5, 0.6) is 0 Å². The average molecular weight is 212 g/mol. The molecule has 1 N–H and O–H groups in total. The minimum atomic E-state index is -0.553. The van der Waals surface area contributed by atoms with Gasteiger partial charge in [-0.25, -0.2) is 4.79 Å². The van der Waals surface area contributed by atoms with Crippen molar-refractivity contribution in [3.05, 3.63) is 0 Å². The summed E-state index contributed by atoms with van der Waals surface area (Å²) in [6, 6.07) is 0.428. The fourth-order valence-corrected chi connectivity index (χ4v) is 2.52. The fourth-order valence-electron chi connectivity index (χ4n) is 2.52. The Hall–Kier alpha value is -1.26. The van der Waals surface area contributed by atoms with E-state index in [2.05, 4.69) is 17.0 Å². The van der Waals surface area contributed by atoms with Crippen LogP contribution in [0.25, 0.3) is 0 Å². The first kappa shape index (κ1) is 10.3. The molecule has 0 radical (unpaired) electrons. The first-order chi connectivity index (χ1) is 7.15. The molecule has 0 aromatic rings. The first-order valence-electron chi connectivity index (χ1n) is 5.26. The van der Waals surface area contributed by atoms with Gasteiger partial charge in [0.25, 0.3) is 0 Å². The lowest BCUT2D eigenvalue weighted by molar-refractivity contribution is -0.130. The number of methoxy groups -OCH3 is 1. The number of carbonyl (C=O) groups is 2. The number of hydrogen-bond donors (Lipinski definition) is 1. The van der Waals surface area contributed by atoms with Gasteiger partial charge in [-0.3, -0.25) is 4.79 Å². The van der Waals surface area contributed by atoms with Crippen molar-refractivity contribution in [1.82, 2.24) is 10.2 Å². The quantitative estimate of drug-likeness (QED) is 0.711. The van der Waals surface area contributed by atoms with Crippen LogP contribution in [-0.4, -0.2) is 43.1 Å². The van der Waals surface area contributed by atoms with Crippen LogP contribution in [0.1, 0.15) is 13.3 Å². The maximum atomic E-state index is 11.7. The molecule has 2 fully saturated rings. The van der Waals surface area contributed by atoms with Crippen LogP contribution >= 0.6 is 0 Å². The molecule has 2 aliphatic rings. The second-order valence-electron chi connectivity index (χ2n) is 4.23. The van der Waals surface area contributed by atoms with Gasteiger partial charge in [-0.1, -0.05) is 6.92 Å². The Morgan fingerprint density at radius 3 is 2.80 bits per heavy atom. The van der Waals surface area contributed by atoms with Gasteiger partial charge in [-0.05, 0) is 18.3 Å². The lowest BCUT2D eigenvalue weighted by Gasteiger charge is -2.19. The van der Waals surface area contributed by atoms with E-state index in [1.54, 1.807) is 0 Å². The highest BCUT2D eigenvalue weighted by Crippen LogP contribution is 2.50. The topological polar surface area (TPSA) is 58.6 Å². The molecule has 1 aliphatic heterocycles. The van der Waals surface area contributed by atoms with Gasteiger partial charge in [0, 0.05) is 12.6 Å². The second-order valence-corrected chi connectivity index (χ2v) is 4.23. The Labute approximate surface area is 88.8 Å². The minimum Gasteiger partial charge on any atom is -0.453 e. The standard InChI is InChI=1S/C10H16N2O3/c1-6-7-3-4-12(9(6)7)8(13)5-11-10(14)15-2/h6-7,9H,3-5H2,1-2H3,(H,11,14). The highest BCUT2D eigenvalue weighted by atomic mass is 16.5. The van der Waals surface area contributed by atoms with Gasteiger partial charge in [0.1, 0.15) is 6.54 Å². The summed E-state index contributed by atoms with van der Waals surface area (Å²) in [6.07, 6.45) is 0.554. The molecule has 0 bridgehead atoms. The number of hydrogen-bond acceptors (Lipinski definition) is 3. The number of likely N-dealkylation sites (tertiary alicyclic amines) is 1. The third-order valence-electron chi connectivity index (χ3n) is 3.46. The molecule has 1 saturated carbocycles. The Kier molecular flexibility index (Phi) is 2.54. The number of amides is 2. The van der Waals surface area contributed by atoms with E-state index in [1.165, 1.54) is 7.11 Å². The van der Waals surface area contributed by atoms with Crippen molar-refractivity contribution in [3.63, 3.8) is 0 Å². The van der Waals surface area contributed by atoms with E-state index >= 15 is 0 Å². The van der Waals surface area contributed by atoms with E-state index in [0.717, 1.165) is 13.0 Å². The van der Waals surface area contributed by atoms with Gasteiger partial charge < -0.3 is 15.0 Å². The highest BCUT2D eigenvalue weighted by Gasteiger charge is 2.55. The number of piperidine rings is 1. The van der Waals surface area contributed by atoms with E-state index in [0.29, 0.717) is 17.9 Å². The van der Waals surface area contributed by atoms with E-state index < -0.39 is 6.09 Å². The van der Waals surface area contributed by atoms with E-state index in [9.17, 15) is 9.59 Å². The number of rotatable bonds is 2. The Morgan fingerprint density at radius 1 is 1.53 bits per heavy atom. The van der Waals surface area contributed by atoms with Gasteiger partial charge in [-0.2, -0.15) is 0 Å². The predicted molar refractivity (Wildman–Crippen MR) is 53.2 cm³/mol. The summed E-state index contributed by atoms with van der Waals surface area (Å²) in [4.78, 5) is 24.4. The van der Waals surface area contributed by atoms with Gasteiger partial charge in [0.15, 0.2) is 0 Å². The molecule has 2 amide bonds. The van der Waals surface area contributed by atoms with Crippen molar-refractivity contribution >= 4 is 12.0 Å². The smallest absolute Gasteiger partial charge is 0.407 e. The number of fused-ring (bicyclic) bond motifs is 1. The van der Waals surface area contributed by atoms with Crippen LogP contribution in [-0.2, 0) is 9.53 Å². The fraction of sp³-hybridized carbons (Fsp3) is 0.800. The molecule has 1 saturated heterocycles. The molecule has 0 aromatic carbocycles. The highest BCUT2D eigenvalue weighted by molar-refractivity contribution is 5.83. The molecule has 2 rings (SSSR count). The van der Waals surface area contributed by atoms with Crippen molar-refractivity contribution in [3.8, 4) is 0 Å². The molecule has 3 atom stereocenters. The Bertz CT molecular complexity index is 292. The molecule has 3 unspecified atom stereocenters. The van der Waals surface area contributed by atoms with E-state index in [-0.39, 0.29) is 12.5 Å². The van der Waals surface area contributed by atoms with Gasteiger partial charge in [0.05, 0.1) is 7.11 Å². The number of ether oxygens (including phenoxy) is 1. The van der Waals surface area contributed by atoms with E-state index in [1.807, 2.05) is 4.90 Å². The van der Waals surface area contributed by atoms with Gasteiger partial charge in [-0.15, -0.1) is 0 Å². The molecule has 84 valence electrons.